The maximum atomic E-state index is 12.4. The standard InChI is InChI=1S/C24H31N3O2/c28-23(13-11-21-7-3-1-4-8-21)25-15-16-26-17-19-27(20-18-26)24(29)14-12-22-9-5-2-6-10-22/h1-10H,11-20H2,(H,25,28)/p+1. The van der Waals surface area contributed by atoms with Crippen LogP contribution in [0, 0.1) is 0 Å². The quantitative estimate of drug-likeness (QED) is 0.669. The fraction of sp³-hybridized carbons (Fsp3) is 0.417. The lowest BCUT2D eigenvalue weighted by atomic mass is 10.1. The first-order valence-corrected chi connectivity index (χ1v) is 10.7. The van der Waals surface area contributed by atoms with Crippen LogP contribution in [-0.4, -0.2) is 56.0 Å². The summed E-state index contributed by atoms with van der Waals surface area (Å²) in [7, 11) is 0. The Hall–Kier alpha value is -2.66. The fourth-order valence-corrected chi connectivity index (χ4v) is 3.75. The van der Waals surface area contributed by atoms with Crippen molar-refractivity contribution in [3.05, 3.63) is 71.8 Å². The zero-order chi connectivity index (χ0) is 20.3. The molecular weight excluding hydrogens is 362 g/mol. The molecule has 5 nitrogen and oxygen atoms in total. The Kier molecular flexibility index (Phi) is 8.25. The molecule has 1 fully saturated rings. The summed E-state index contributed by atoms with van der Waals surface area (Å²) in [4.78, 5) is 27.9. The summed E-state index contributed by atoms with van der Waals surface area (Å²) in [5.74, 6) is 0.366. The Morgan fingerprint density at radius 1 is 0.828 bits per heavy atom. The Balaban J connectivity index is 1.26. The van der Waals surface area contributed by atoms with Crippen molar-refractivity contribution in [2.24, 2.45) is 0 Å². The largest absolute Gasteiger partial charge is 0.350 e. The van der Waals surface area contributed by atoms with Gasteiger partial charge in [0.05, 0.1) is 39.3 Å². The lowest BCUT2D eigenvalue weighted by Crippen LogP contribution is -3.15. The molecule has 1 saturated heterocycles. The minimum Gasteiger partial charge on any atom is -0.350 e. The van der Waals surface area contributed by atoms with E-state index in [0.717, 1.165) is 45.6 Å². The van der Waals surface area contributed by atoms with E-state index in [1.807, 2.05) is 41.3 Å². The lowest BCUT2D eigenvalue weighted by Gasteiger charge is -2.32. The number of hydrogen-bond donors (Lipinski definition) is 2. The van der Waals surface area contributed by atoms with Crippen molar-refractivity contribution in [1.82, 2.24) is 10.2 Å². The van der Waals surface area contributed by atoms with E-state index < -0.39 is 0 Å². The molecule has 5 heteroatoms. The van der Waals surface area contributed by atoms with Gasteiger partial charge in [-0.1, -0.05) is 60.7 Å². The molecule has 0 unspecified atom stereocenters. The molecule has 1 aliphatic rings. The molecule has 0 atom stereocenters. The van der Waals surface area contributed by atoms with E-state index >= 15 is 0 Å². The Morgan fingerprint density at radius 3 is 1.97 bits per heavy atom. The second-order valence-corrected chi connectivity index (χ2v) is 7.70. The Morgan fingerprint density at radius 2 is 1.38 bits per heavy atom. The van der Waals surface area contributed by atoms with Crippen molar-refractivity contribution in [2.75, 3.05) is 39.3 Å². The van der Waals surface area contributed by atoms with Crippen LogP contribution in [0.3, 0.4) is 0 Å². The molecule has 0 radical (unpaired) electrons. The van der Waals surface area contributed by atoms with Gasteiger partial charge in [-0.3, -0.25) is 9.59 Å². The topological polar surface area (TPSA) is 53.9 Å². The molecule has 1 aliphatic heterocycles. The molecular formula is C24H32N3O2+. The third-order valence-corrected chi connectivity index (χ3v) is 5.58. The highest BCUT2D eigenvalue weighted by Crippen LogP contribution is 2.05. The van der Waals surface area contributed by atoms with Crippen molar-refractivity contribution in [2.45, 2.75) is 25.7 Å². The SMILES string of the molecule is O=C(CCc1ccccc1)NCC[NH+]1CCN(C(=O)CCc2ccccc2)CC1. The zero-order valence-electron chi connectivity index (χ0n) is 17.1. The number of nitrogens with zero attached hydrogens (tertiary/aromatic N) is 1. The smallest absolute Gasteiger partial charge is 0.223 e. The van der Waals surface area contributed by atoms with Crippen LogP contribution < -0.4 is 10.2 Å². The molecule has 2 aromatic carbocycles. The molecule has 0 spiro atoms. The number of carbonyl (C=O) groups excluding carboxylic acids is 2. The van der Waals surface area contributed by atoms with Gasteiger partial charge in [-0.25, -0.2) is 0 Å². The van der Waals surface area contributed by atoms with Gasteiger partial charge in [0.25, 0.3) is 0 Å². The van der Waals surface area contributed by atoms with Crippen molar-refractivity contribution >= 4 is 11.8 Å². The third-order valence-electron chi connectivity index (χ3n) is 5.58. The number of rotatable bonds is 9. The van der Waals surface area contributed by atoms with Crippen LogP contribution in [0.25, 0.3) is 0 Å². The second kappa shape index (κ2) is 11.4. The summed E-state index contributed by atoms with van der Waals surface area (Å²) < 4.78 is 0. The number of carbonyl (C=O) groups is 2. The van der Waals surface area contributed by atoms with Gasteiger partial charge in [0.15, 0.2) is 0 Å². The maximum absolute atomic E-state index is 12.4. The predicted molar refractivity (Wildman–Crippen MR) is 115 cm³/mol. The molecule has 3 rings (SSSR count). The first-order valence-electron chi connectivity index (χ1n) is 10.7. The number of nitrogens with one attached hydrogen (secondary N) is 2. The molecule has 0 saturated carbocycles. The van der Waals surface area contributed by atoms with Crippen LogP contribution in [0.1, 0.15) is 24.0 Å². The van der Waals surface area contributed by atoms with Crippen molar-refractivity contribution in [3.63, 3.8) is 0 Å². The van der Waals surface area contributed by atoms with Crippen LogP contribution in [0.5, 0.6) is 0 Å². The summed E-state index contributed by atoms with van der Waals surface area (Å²) >= 11 is 0. The summed E-state index contributed by atoms with van der Waals surface area (Å²) in [5, 5.41) is 3.03. The molecule has 1 heterocycles. The average molecular weight is 395 g/mol. The number of benzene rings is 2. The van der Waals surface area contributed by atoms with Gasteiger partial charge >= 0.3 is 0 Å². The van der Waals surface area contributed by atoms with Crippen molar-refractivity contribution in [3.8, 4) is 0 Å². The van der Waals surface area contributed by atoms with E-state index in [2.05, 4.69) is 29.6 Å². The molecule has 29 heavy (non-hydrogen) atoms. The first kappa shape index (κ1) is 21.1. The number of quaternary nitrogens is 1. The minimum atomic E-state index is 0.114. The summed E-state index contributed by atoms with van der Waals surface area (Å²) in [6.07, 6.45) is 2.70. The highest BCUT2D eigenvalue weighted by molar-refractivity contribution is 5.76. The third kappa shape index (κ3) is 7.35. The van der Waals surface area contributed by atoms with Gasteiger partial charge in [0.2, 0.25) is 11.8 Å². The zero-order valence-corrected chi connectivity index (χ0v) is 17.1. The number of hydrogen-bond acceptors (Lipinski definition) is 2. The van der Waals surface area contributed by atoms with E-state index in [9.17, 15) is 9.59 Å². The van der Waals surface area contributed by atoms with E-state index in [-0.39, 0.29) is 11.8 Å². The fourth-order valence-electron chi connectivity index (χ4n) is 3.75. The first-order chi connectivity index (χ1) is 14.2. The van der Waals surface area contributed by atoms with Crippen LogP contribution in [-0.2, 0) is 22.4 Å². The predicted octanol–water partition coefficient (Wildman–Crippen LogP) is 1.10. The van der Waals surface area contributed by atoms with Gasteiger partial charge in [-0.05, 0) is 24.0 Å². The van der Waals surface area contributed by atoms with E-state index in [0.29, 0.717) is 19.4 Å². The van der Waals surface area contributed by atoms with Crippen LogP contribution in [0.2, 0.25) is 0 Å². The number of aryl methyl sites for hydroxylation is 2. The molecule has 0 bridgehead atoms. The minimum absolute atomic E-state index is 0.114. The molecule has 2 amide bonds. The molecule has 154 valence electrons. The lowest BCUT2D eigenvalue weighted by molar-refractivity contribution is -0.902. The number of amides is 2. The van der Waals surface area contributed by atoms with Crippen LogP contribution >= 0.6 is 0 Å². The van der Waals surface area contributed by atoms with E-state index in [1.165, 1.54) is 16.0 Å². The normalized spacial score (nSPS) is 14.6. The molecule has 2 N–H and O–H groups in total. The molecule has 2 aromatic rings. The molecule has 0 aromatic heterocycles. The Labute approximate surface area is 173 Å². The van der Waals surface area contributed by atoms with Crippen molar-refractivity contribution < 1.29 is 14.5 Å². The van der Waals surface area contributed by atoms with Gasteiger partial charge in [0, 0.05) is 12.8 Å². The monoisotopic (exact) mass is 394 g/mol. The maximum Gasteiger partial charge on any atom is 0.223 e. The van der Waals surface area contributed by atoms with Gasteiger partial charge in [-0.15, -0.1) is 0 Å². The Bertz CT molecular complexity index is 753. The second-order valence-electron chi connectivity index (χ2n) is 7.70. The van der Waals surface area contributed by atoms with E-state index in [1.54, 1.807) is 0 Å². The average Bonchev–Trinajstić information content (AvgIpc) is 2.78. The van der Waals surface area contributed by atoms with Crippen molar-refractivity contribution in [1.29, 1.82) is 0 Å². The van der Waals surface area contributed by atoms with Crippen LogP contribution in [0.4, 0.5) is 0 Å². The summed E-state index contributed by atoms with van der Waals surface area (Å²) in [5.41, 5.74) is 2.41. The highest BCUT2D eigenvalue weighted by atomic mass is 16.2. The highest BCUT2D eigenvalue weighted by Gasteiger charge is 2.23. The van der Waals surface area contributed by atoms with Gasteiger partial charge in [-0.2, -0.15) is 0 Å². The summed E-state index contributed by atoms with van der Waals surface area (Å²) in [6.45, 7) is 5.15. The van der Waals surface area contributed by atoms with Gasteiger partial charge in [0.1, 0.15) is 0 Å². The van der Waals surface area contributed by atoms with Crippen LogP contribution in [0.15, 0.2) is 60.7 Å². The molecule has 0 aliphatic carbocycles. The van der Waals surface area contributed by atoms with Gasteiger partial charge < -0.3 is 15.1 Å². The summed E-state index contributed by atoms with van der Waals surface area (Å²) in [6, 6.07) is 20.3. The number of piperazine rings is 1. The van der Waals surface area contributed by atoms with E-state index in [4.69, 9.17) is 0 Å².